The monoisotopic (exact) mass is 426 g/mol. The fourth-order valence-corrected chi connectivity index (χ4v) is 2.97. The average molecular weight is 427 g/mol. The first-order valence-electron chi connectivity index (χ1n) is 4.44. The fourth-order valence-electron chi connectivity index (χ4n) is 1.15. The van der Waals surface area contributed by atoms with Crippen LogP contribution in [0.15, 0.2) is 28.2 Å². The van der Waals surface area contributed by atoms with Crippen molar-refractivity contribution in [1.29, 1.82) is 0 Å². The molecule has 0 fully saturated rings. The van der Waals surface area contributed by atoms with E-state index >= 15 is 0 Å². The Hall–Kier alpha value is -0.540. The first-order valence-corrected chi connectivity index (χ1v) is 7.13. The highest BCUT2D eigenvalue weighted by Crippen LogP contribution is 2.24. The molecule has 0 aliphatic carbocycles. The molecule has 1 amide bonds. The van der Waals surface area contributed by atoms with Crippen LogP contribution in [0.5, 0.6) is 0 Å². The predicted octanol–water partition coefficient (Wildman–Crippen LogP) is 3.90. The minimum absolute atomic E-state index is 0.295. The Morgan fingerprint density at radius 3 is 2.88 bits per heavy atom. The Morgan fingerprint density at radius 1 is 1.53 bits per heavy atom. The molecule has 0 radical (unpaired) electrons. The lowest BCUT2D eigenvalue weighted by molar-refractivity contribution is 0.102. The molecule has 1 N–H and O–H groups in total. The van der Waals surface area contributed by atoms with Crippen molar-refractivity contribution in [2.24, 2.45) is 0 Å². The number of halogens is 3. The summed E-state index contributed by atoms with van der Waals surface area (Å²) in [5, 5.41) is 3.15. The third kappa shape index (κ3) is 3.23. The van der Waals surface area contributed by atoms with E-state index in [1.807, 2.05) is 22.6 Å². The standard InChI is InChI=1S/C10H5BrFIN2OS/c11-8-4-14-10(17-8)15-9(16)6-2-1-5(12)3-7(6)13/h1-4H,(H,14,15,16). The molecule has 2 rings (SSSR count). The second-order valence-electron chi connectivity index (χ2n) is 3.05. The van der Waals surface area contributed by atoms with Crippen molar-refractivity contribution in [2.75, 3.05) is 5.32 Å². The predicted molar refractivity (Wildman–Crippen MR) is 76.9 cm³/mol. The molecule has 1 aromatic heterocycles. The number of carbonyl (C=O) groups is 1. The van der Waals surface area contributed by atoms with E-state index in [4.69, 9.17) is 0 Å². The third-order valence-electron chi connectivity index (χ3n) is 1.87. The van der Waals surface area contributed by atoms with Crippen LogP contribution in [0.1, 0.15) is 10.4 Å². The first kappa shape index (κ1) is 12.9. The Bertz CT molecular complexity index is 575. The van der Waals surface area contributed by atoms with Crippen molar-refractivity contribution >= 4 is 60.9 Å². The van der Waals surface area contributed by atoms with Gasteiger partial charge in [-0.25, -0.2) is 9.37 Å². The second-order valence-corrected chi connectivity index (χ2v) is 6.62. The molecule has 1 heterocycles. The summed E-state index contributed by atoms with van der Waals surface area (Å²) in [7, 11) is 0. The molecule has 1 aromatic carbocycles. The van der Waals surface area contributed by atoms with Crippen LogP contribution in [-0.2, 0) is 0 Å². The van der Waals surface area contributed by atoms with Crippen molar-refractivity contribution in [1.82, 2.24) is 4.98 Å². The number of rotatable bonds is 2. The number of nitrogens with one attached hydrogen (secondary N) is 1. The Morgan fingerprint density at radius 2 is 2.29 bits per heavy atom. The van der Waals surface area contributed by atoms with Crippen LogP contribution in [0, 0.1) is 9.39 Å². The van der Waals surface area contributed by atoms with Crippen molar-refractivity contribution in [2.45, 2.75) is 0 Å². The van der Waals surface area contributed by atoms with Gasteiger partial charge in [0.2, 0.25) is 0 Å². The van der Waals surface area contributed by atoms with Crippen molar-refractivity contribution < 1.29 is 9.18 Å². The summed E-state index contributed by atoms with van der Waals surface area (Å²) >= 11 is 6.49. The summed E-state index contributed by atoms with van der Waals surface area (Å²) in [6.45, 7) is 0. The zero-order valence-electron chi connectivity index (χ0n) is 8.21. The number of aromatic nitrogens is 1. The van der Waals surface area contributed by atoms with Crippen molar-refractivity contribution in [3.8, 4) is 0 Å². The molecule has 0 atom stereocenters. The Balaban J connectivity index is 2.20. The van der Waals surface area contributed by atoms with E-state index in [1.54, 1.807) is 6.20 Å². The maximum Gasteiger partial charge on any atom is 0.258 e. The normalized spacial score (nSPS) is 10.3. The van der Waals surface area contributed by atoms with Gasteiger partial charge in [0.05, 0.1) is 15.5 Å². The van der Waals surface area contributed by atoms with Gasteiger partial charge >= 0.3 is 0 Å². The van der Waals surface area contributed by atoms with Gasteiger partial charge < -0.3 is 0 Å². The molecular formula is C10H5BrFIN2OS. The quantitative estimate of drug-likeness (QED) is 0.740. The van der Waals surface area contributed by atoms with Gasteiger partial charge in [0.1, 0.15) is 5.82 Å². The van der Waals surface area contributed by atoms with E-state index in [9.17, 15) is 9.18 Å². The molecule has 2 aromatic rings. The fraction of sp³-hybridized carbons (Fsp3) is 0. The molecule has 17 heavy (non-hydrogen) atoms. The van der Waals surface area contributed by atoms with Gasteiger partial charge in [0, 0.05) is 3.57 Å². The van der Waals surface area contributed by atoms with Crippen molar-refractivity contribution in [3.05, 3.63) is 43.1 Å². The smallest absolute Gasteiger partial charge is 0.258 e. The number of hydrogen-bond acceptors (Lipinski definition) is 3. The zero-order valence-corrected chi connectivity index (χ0v) is 12.8. The lowest BCUT2D eigenvalue weighted by atomic mass is 10.2. The number of anilines is 1. The van der Waals surface area contributed by atoms with Crippen molar-refractivity contribution in [3.63, 3.8) is 0 Å². The Kier molecular flexibility index (Phi) is 4.10. The molecule has 0 bridgehead atoms. The van der Waals surface area contributed by atoms with Crippen LogP contribution in [0.3, 0.4) is 0 Å². The molecule has 0 saturated heterocycles. The van der Waals surface area contributed by atoms with Gasteiger partial charge in [0.25, 0.3) is 5.91 Å². The zero-order chi connectivity index (χ0) is 12.4. The lowest BCUT2D eigenvalue weighted by Gasteiger charge is -2.03. The molecule has 0 spiro atoms. The summed E-state index contributed by atoms with van der Waals surface area (Å²) in [4.78, 5) is 15.9. The summed E-state index contributed by atoms with van der Waals surface area (Å²) < 4.78 is 14.3. The maximum atomic E-state index is 12.9. The minimum atomic E-state index is -0.358. The highest BCUT2D eigenvalue weighted by molar-refractivity contribution is 14.1. The number of nitrogens with zero attached hydrogens (tertiary/aromatic N) is 1. The minimum Gasteiger partial charge on any atom is -0.298 e. The molecule has 0 unspecified atom stereocenters. The number of hydrogen-bond donors (Lipinski definition) is 1. The van der Waals surface area contributed by atoms with E-state index in [2.05, 4.69) is 26.2 Å². The SMILES string of the molecule is O=C(Nc1ncc(Br)s1)c1ccc(F)cc1I. The van der Waals surface area contributed by atoms with Crippen LogP contribution in [0.25, 0.3) is 0 Å². The highest BCUT2D eigenvalue weighted by Gasteiger charge is 2.12. The van der Waals surface area contributed by atoms with Crippen LogP contribution >= 0.6 is 49.9 Å². The summed E-state index contributed by atoms with van der Waals surface area (Å²) in [6.07, 6.45) is 1.61. The van der Waals surface area contributed by atoms with E-state index < -0.39 is 0 Å². The molecular weight excluding hydrogens is 422 g/mol. The van der Waals surface area contributed by atoms with Gasteiger partial charge in [-0.3, -0.25) is 10.1 Å². The molecule has 3 nitrogen and oxygen atoms in total. The van der Waals surface area contributed by atoms with Crippen LogP contribution in [0.4, 0.5) is 9.52 Å². The average Bonchev–Trinajstić information content (AvgIpc) is 2.63. The third-order valence-corrected chi connectivity index (χ3v) is 4.16. The van der Waals surface area contributed by atoms with E-state index in [0.717, 1.165) is 3.79 Å². The maximum absolute atomic E-state index is 12.9. The molecule has 7 heteroatoms. The topological polar surface area (TPSA) is 42.0 Å². The van der Waals surface area contributed by atoms with Crippen LogP contribution in [0.2, 0.25) is 0 Å². The van der Waals surface area contributed by atoms with Crippen LogP contribution < -0.4 is 5.32 Å². The molecule has 0 saturated carbocycles. The first-order chi connectivity index (χ1) is 8.06. The van der Waals surface area contributed by atoms with Gasteiger partial charge in [0.15, 0.2) is 5.13 Å². The number of carbonyl (C=O) groups excluding carboxylic acids is 1. The van der Waals surface area contributed by atoms with Gasteiger partial charge in [-0.2, -0.15) is 0 Å². The summed E-state index contributed by atoms with van der Waals surface area (Å²) in [6, 6.07) is 4.02. The van der Waals surface area contributed by atoms with Gasteiger partial charge in [-0.05, 0) is 56.7 Å². The Labute approximate surface area is 123 Å². The second kappa shape index (κ2) is 5.40. The van der Waals surface area contributed by atoms with E-state index in [0.29, 0.717) is 14.3 Å². The molecule has 0 aliphatic rings. The summed E-state index contributed by atoms with van der Waals surface area (Å²) in [5.41, 5.74) is 0.429. The number of thiazole rings is 1. The van der Waals surface area contributed by atoms with E-state index in [1.165, 1.54) is 29.5 Å². The number of amides is 1. The lowest BCUT2D eigenvalue weighted by Crippen LogP contribution is -2.13. The van der Waals surface area contributed by atoms with E-state index in [-0.39, 0.29) is 11.7 Å². The molecule has 0 aliphatic heterocycles. The summed E-state index contributed by atoms with van der Waals surface area (Å²) in [5.74, 6) is -0.654. The number of benzene rings is 1. The molecule has 88 valence electrons. The highest BCUT2D eigenvalue weighted by atomic mass is 127. The van der Waals surface area contributed by atoms with Crippen LogP contribution in [-0.4, -0.2) is 10.9 Å². The van der Waals surface area contributed by atoms with Gasteiger partial charge in [-0.15, -0.1) is 0 Å². The largest absolute Gasteiger partial charge is 0.298 e. The van der Waals surface area contributed by atoms with Gasteiger partial charge in [-0.1, -0.05) is 11.3 Å².